The number of para-hydroxylation sites is 3. The number of nitro groups is 1. The molecule has 0 saturated carbocycles. The van der Waals surface area contributed by atoms with Crippen LogP contribution in [0.2, 0.25) is 0 Å². The summed E-state index contributed by atoms with van der Waals surface area (Å²) >= 11 is 0. The Labute approximate surface area is 175 Å². The van der Waals surface area contributed by atoms with Crippen LogP contribution < -0.4 is 10.2 Å². The van der Waals surface area contributed by atoms with E-state index in [4.69, 9.17) is 0 Å². The van der Waals surface area contributed by atoms with E-state index in [1.165, 1.54) is 17.0 Å². The zero-order valence-electron chi connectivity index (χ0n) is 17.1. The molecule has 0 heterocycles. The van der Waals surface area contributed by atoms with Crippen molar-refractivity contribution in [2.75, 3.05) is 24.3 Å². The fraction of sp³-hybridized carbons (Fsp3) is 0.174. The Hall–Kier alpha value is -3.87. The van der Waals surface area contributed by atoms with E-state index in [1.807, 2.05) is 73.5 Å². The van der Waals surface area contributed by atoms with Crippen LogP contribution in [0.4, 0.5) is 27.5 Å². The molecule has 1 N–H and O–H groups in total. The predicted octanol–water partition coefficient (Wildman–Crippen LogP) is 5.59. The smallest absolute Gasteiger partial charge is 0.322 e. The second-order valence-corrected chi connectivity index (χ2v) is 6.98. The summed E-state index contributed by atoms with van der Waals surface area (Å²) < 4.78 is 0. The summed E-state index contributed by atoms with van der Waals surface area (Å²) in [6.45, 7) is 1.83. The lowest BCUT2D eigenvalue weighted by Crippen LogP contribution is -2.34. The summed E-state index contributed by atoms with van der Waals surface area (Å²) in [5, 5.41) is 14.0. The molecular formula is C23H24N4O3. The van der Waals surface area contributed by atoms with Crippen molar-refractivity contribution in [3.63, 3.8) is 0 Å². The van der Waals surface area contributed by atoms with E-state index in [9.17, 15) is 14.9 Å². The van der Waals surface area contributed by atoms with Gasteiger partial charge in [-0.2, -0.15) is 0 Å². The second kappa shape index (κ2) is 9.09. The molecule has 3 rings (SSSR count). The van der Waals surface area contributed by atoms with Crippen molar-refractivity contribution >= 4 is 28.8 Å². The van der Waals surface area contributed by atoms with E-state index in [2.05, 4.69) is 5.32 Å². The fourth-order valence-corrected chi connectivity index (χ4v) is 3.16. The number of hydrogen-bond donors (Lipinski definition) is 1. The Balaban J connectivity index is 1.79. The van der Waals surface area contributed by atoms with Gasteiger partial charge in [-0.25, -0.2) is 4.79 Å². The van der Waals surface area contributed by atoms with Gasteiger partial charge in [-0.1, -0.05) is 42.5 Å². The zero-order chi connectivity index (χ0) is 21.7. The Kier molecular flexibility index (Phi) is 6.32. The van der Waals surface area contributed by atoms with Crippen molar-refractivity contribution in [3.05, 3.63) is 94.5 Å². The molecule has 0 aliphatic carbocycles. The van der Waals surface area contributed by atoms with E-state index in [0.717, 1.165) is 11.4 Å². The monoisotopic (exact) mass is 404 g/mol. The lowest BCUT2D eigenvalue weighted by Gasteiger charge is -2.27. The predicted molar refractivity (Wildman–Crippen MR) is 119 cm³/mol. The molecule has 154 valence electrons. The molecule has 1 unspecified atom stereocenters. The SMILES string of the molecule is CC(c1cccc([N+](=O)[O-])c1)N(C)C(=O)Nc1ccccc1N(C)c1ccccc1. The maximum absolute atomic E-state index is 12.9. The number of amides is 2. The lowest BCUT2D eigenvalue weighted by molar-refractivity contribution is -0.384. The topological polar surface area (TPSA) is 78.7 Å². The normalized spacial score (nSPS) is 11.4. The highest BCUT2D eigenvalue weighted by Crippen LogP contribution is 2.31. The Morgan fingerprint density at radius 3 is 2.33 bits per heavy atom. The van der Waals surface area contributed by atoms with Gasteiger partial charge in [-0.05, 0) is 36.8 Å². The summed E-state index contributed by atoms with van der Waals surface area (Å²) in [6.07, 6.45) is 0. The lowest BCUT2D eigenvalue weighted by atomic mass is 10.1. The average Bonchev–Trinajstić information content (AvgIpc) is 2.78. The van der Waals surface area contributed by atoms with E-state index < -0.39 is 4.92 Å². The van der Waals surface area contributed by atoms with Crippen LogP contribution in [0, 0.1) is 10.1 Å². The number of nitro benzene ring substituents is 1. The number of hydrogen-bond acceptors (Lipinski definition) is 4. The molecule has 0 aliphatic heterocycles. The molecule has 3 aromatic carbocycles. The van der Waals surface area contributed by atoms with Gasteiger partial charge in [0.15, 0.2) is 0 Å². The highest BCUT2D eigenvalue weighted by atomic mass is 16.6. The van der Waals surface area contributed by atoms with Crippen LogP contribution in [-0.4, -0.2) is 29.9 Å². The maximum atomic E-state index is 12.9. The van der Waals surface area contributed by atoms with Crippen LogP contribution in [0.25, 0.3) is 0 Å². The van der Waals surface area contributed by atoms with Gasteiger partial charge < -0.3 is 15.1 Å². The van der Waals surface area contributed by atoms with E-state index in [0.29, 0.717) is 11.3 Å². The highest BCUT2D eigenvalue weighted by molar-refractivity contribution is 5.94. The highest BCUT2D eigenvalue weighted by Gasteiger charge is 2.20. The number of non-ortho nitro benzene ring substituents is 1. The molecule has 7 nitrogen and oxygen atoms in total. The van der Waals surface area contributed by atoms with Crippen LogP contribution in [0.3, 0.4) is 0 Å². The van der Waals surface area contributed by atoms with Crippen LogP contribution in [0.1, 0.15) is 18.5 Å². The van der Waals surface area contributed by atoms with Gasteiger partial charge in [0.25, 0.3) is 5.69 Å². The molecule has 0 spiro atoms. The fourth-order valence-electron chi connectivity index (χ4n) is 3.16. The standard InChI is InChI=1S/C23H24N4O3/c1-17(18-10-9-13-20(16-18)27(29)30)25(2)23(28)24-21-14-7-8-15-22(21)26(3)19-11-5-4-6-12-19/h4-17H,1-3H3,(H,24,28). The molecule has 2 amide bonds. The third kappa shape index (κ3) is 4.57. The van der Waals surface area contributed by atoms with Crippen LogP contribution >= 0.6 is 0 Å². The van der Waals surface area contributed by atoms with Crippen molar-refractivity contribution < 1.29 is 9.72 Å². The minimum atomic E-state index is -0.439. The Morgan fingerprint density at radius 1 is 0.967 bits per heavy atom. The summed E-state index contributed by atoms with van der Waals surface area (Å²) in [7, 11) is 3.61. The van der Waals surface area contributed by atoms with Crippen LogP contribution in [0.15, 0.2) is 78.9 Å². The van der Waals surface area contributed by atoms with Crippen molar-refractivity contribution in [1.82, 2.24) is 4.90 Å². The molecule has 0 aliphatic rings. The van der Waals surface area contributed by atoms with Gasteiger partial charge in [0.2, 0.25) is 0 Å². The molecule has 0 aromatic heterocycles. The molecule has 0 fully saturated rings. The number of rotatable bonds is 6. The van der Waals surface area contributed by atoms with Gasteiger partial charge in [0.1, 0.15) is 0 Å². The Morgan fingerprint density at radius 2 is 1.63 bits per heavy atom. The Bertz CT molecular complexity index is 1040. The quantitative estimate of drug-likeness (QED) is 0.429. The van der Waals surface area contributed by atoms with Gasteiger partial charge in [-0.15, -0.1) is 0 Å². The number of nitrogens with one attached hydrogen (secondary N) is 1. The zero-order valence-corrected chi connectivity index (χ0v) is 17.1. The molecule has 0 radical (unpaired) electrons. The average molecular weight is 404 g/mol. The second-order valence-electron chi connectivity index (χ2n) is 6.98. The van der Waals surface area contributed by atoms with Gasteiger partial charge >= 0.3 is 6.03 Å². The summed E-state index contributed by atoms with van der Waals surface area (Å²) in [5.41, 5.74) is 3.22. The van der Waals surface area contributed by atoms with E-state index in [-0.39, 0.29) is 17.8 Å². The first-order valence-corrected chi connectivity index (χ1v) is 9.54. The van der Waals surface area contributed by atoms with E-state index in [1.54, 1.807) is 19.2 Å². The van der Waals surface area contributed by atoms with Crippen molar-refractivity contribution in [2.45, 2.75) is 13.0 Å². The number of carbonyl (C=O) groups is 1. The van der Waals surface area contributed by atoms with Crippen LogP contribution in [0.5, 0.6) is 0 Å². The van der Waals surface area contributed by atoms with Crippen molar-refractivity contribution in [3.8, 4) is 0 Å². The first-order chi connectivity index (χ1) is 14.4. The molecule has 7 heteroatoms. The maximum Gasteiger partial charge on any atom is 0.322 e. The number of urea groups is 1. The third-order valence-electron chi connectivity index (χ3n) is 5.12. The number of benzene rings is 3. The first kappa shape index (κ1) is 20.9. The first-order valence-electron chi connectivity index (χ1n) is 9.54. The van der Waals surface area contributed by atoms with Gasteiger partial charge in [0, 0.05) is 31.9 Å². The summed E-state index contributed by atoms with van der Waals surface area (Å²) in [6, 6.07) is 23.1. The largest absolute Gasteiger partial charge is 0.343 e. The van der Waals surface area contributed by atoms with Gasteiger partial charge in [-0.3, -0.25) is 10.1 Å². The summed E-state index contributed by atoms with van der Waals surface area (Å²) in [4.78, 5) is 27.1. The number of carbonyl (C=O) groups excluding carboxylic acids is 1. The minimum absolute atomic E-state index is 0.00277. The van der Waals surface area contributed by atoms with Crippen molar-refractivity contribution in [2.24, 2.45) is 0 Å². The summed E-state index contributed by atoms with van der Waals surface area (Å²) in [5.74, 6) is 0. The van der Waals surface area contributed by atoms with Gasteiger partial charge in [0.05, 0.1) is 22.3 Å². The number of nitrogens with zero attached hydrogens (tertiary/aromatic N) is 3. The molecule has 1 atom stereocenters. The van der Waals surface area contributed by atoms with E-state index >= 15 is 0 Å². The molecule has 3 aromatic rings. The minimum Gasteiger partial charge on any atom is -0.343 e. The van der Waals surface area contributed by atoms with Crippen molar-refractivity contribution in [1.29, 1.82) is 0 Å². The third-order valence-corrected chi connectivity index (χ3v) is 5.12. The molecule has 0 bridgehead atoms. The van der Waals surface area contributed by atoms with Crippen LogP contribution in [-0.2, 0) is 0 Å². The molecular weight excluding hydrogens is 380 g/mol. The molecule has 0 saturated heterocycles. The molecule has 30 heavy (non-hydrogen) atoms. The number of anilines is 3.